The van der Waals surface area contributed by atoms with Crippen LogP contribution in [-0.4, -0.2) is 19.0 Å². The molecule has 1 amide bonds. The van der Waals surface area contributed by atoms with Gasteiger partial charge in [0.2, 0.25) is 5.91 Å². The van der Waals surface area contributed by atoms with Crippen molar-refractivity contribution in [2.45, 2.75) is 25.2 Å². The highest BCUT2D eigenvalue weighted by Crippen LogP contribution is 2.24. The Hall–Kier alpha value is -1.35. The summed E-state index contributed by atoms with van der Waals surface area (Å²) in [5.41, 5.74) is 7.63. The molecule has 1 aliphatic heterocycles. The van der Waals surface area contributed by atoms with E-state index in [0.717, 1.165) is 18.7 Å². The molecule has 1 aromatic rings. The quantitative estimate of drug-likeness (QED) is 0.804. The van der Waals surface area contributed by atoms with Crippen LogP contribution in [0.1, 0.15) is 36.3 Å². The summed E-state index contributed by atoms with van der Waals surface area (Å²) in [6.07, 6.45) is 1.20. The molecule has 1 fully saturated rings. The average Bonchev–Trinajstić information content (AvgIpc) is 2.81. The molecule has 86 valence electrons. The van der Waals surface area contributed by atoms with E-state index in [-0.39, 0.29) is 11.8 Å². The Morgan fingerprint density at radius 3 is 2.62 bits per heavy atom. The summed E-state index contributed by atoms with van der Waals surface area (Å²) < 4.78 is 0. The van der Waals surface area contributed by atoms with Gasteiger partial charge in [0.15, 0.2) is 0 Å². The second-order valence-electron chi connectivity index (χ2n) is 4.48. The van der Waals surface area contributed by atoms with Crippen molar-refractivity contribution in [3.05, 3.63) is 35.4 Å². The van der Waals surface area contributed by atoms with Crippen molar-refractivity contribution in [1.29, 1.82) is 0 Å². The van der Waals surface area contributed by atoms with Crippen LogP contribution in [0.5, 0.6) is 0 Å². The molecule has 2 atom stereocenters. The van der Waals surface area contributed by atoms with E-state index in [0.29, 0.717) is 5.92 Å². The lowest BCUT2D eigenvalue weighted by atomic mass is 9.94. The second kappa shape index (κ2) is 4.66. The van der Waals surface area contributed by atoms with Crippen LogP contribution in [0.15, 0.2) is 24.3 Å². The number of nitrogens with two attached hydrogens (primary N) is 1. The number of amides is 1. The van der Waals surface area contributed by atoms with E-state index in [2.05, 4.69) is 17.4 Å². The minimum Gasteiger partial charge on any atom is -0.369 e. The molecule has 0 bridgehead atoms. The lowest BCUT2D eigenvalue weighted by molar-refractivity contribution is -0.119. The maximum absolute atomic E-state index is 11.1. The number of hydrogen-bond acceptors (Lipinski definition) is 2. The lowest BCUT2D eigenvalue weighted by Gasteiger charge is -2.11. The topological polar surface area (TPSA) is 55.1 Å². The average molecular weight is 218 g/mol. The Labute approximate surface area is 96.0 Å². The number of nitrogens with one attached hydrogen (secondary N) is 1. The summed E-state index contributed by atoms with van der Waals surface area (Å²) >= 11 is 0. The molecule has 1 heterocycles. The fourth-order valence-electron chi connectivity index (χ4n) is 2.16. The van der Waals surface area contributed by atoms with Crippen molar-refractivity contribution in [1.82, 2.24) is 5.32 Å². The molecule has 3 nitrogen and oxygen atoms in total. The van der Waals surface area contributed by atoms with Crippen molar-refractivity contribution in [3.8, 4) is 0 Å². The molecular formula is C13H18N2O. The molecule has 0 radical (unpaired) electrons. The number of rotatable bonds is 3. The largest absolute Gasteiger partial charge is 0.369 e. The Morgan fingerprint density at radius 1 is 1.44 bits per heavy atom. The normalized spacial score (nSPS) is 21.9. The number of carbonyl (C=O) groups is 1. The Bertz CT molecular complexity index is 366. The number of carbonyl (C=O) groups excluding carboxylic acids is 1. The predicted molar refractivity (Wildman–Crippen MR) is 64.3 cm³/mol. The van der Waals surface area contributed by atoms with Gasteiger partial charge in [-0.1, -0.05) is 24.3 Å². The highest BCUT2D eigenvalue weighted by Gasteiger charge is 2.17. The smallest absolute Gasteiger partial charge is 0.224 e. The van der Waals surface area contributed by atoms with E-state index < -0.39 is 0 Å². The summed E-state index contributed by atoms with van der Waals surface area (Å²) in [5, 5.41) is 3.35. The van der Waals surface area contributed by atoms with Gasteiger partial charge < -0.3 is 11.1 Å². The van der Waals surface area contributed by atoms with Crippen LogP contribution in [-0.2, 0) is 4.79 Å². The maximum Gasteiger partial charge on any atom is 0.224 e. The van der Waals surface area contributed by atoms with Crippen LogP contribution in [0.25, 0.3) is 0 Å². The Balaban J connectivity index is 2.12. The first kappa shape index (κ1) is 11.1. The fraction of sp³-hybridized carbons (Fsp3) is 0.462. The summed E-state index contributed by atoms with van der Waals surface area (Å²) in [7, 11) is 0. The third-order valence-electron chi connectivity index (χ3n) is 3.39. The van der Waals surface area contributed by atoms with E-state index in [1.807, 2.05) is 19.1 Å². The fourth-order valence-corrected chi connectivity index (χ4v) is 2.16. The summed E-state index contributed by atoms with van der Waals surface area (Å²) in [5.74, 6) is 0.156. The molecule has 2 rings (SSSR count). The molecule has 3 N–H and O–H groups in total. The van der Waals surface area contributed by atoms with Gasteiger partial charge in [-0.05, 0) is 36.9 Å². The van der Waals surface area contributed by atoms with Crippen LogP contribution in [0, 0.1) is 0 Å². The zero-order valence-corrected chi connectivity index (χ0v) is 9.57. The number of hydrogen-bond donors (Lipinski definition) is 2. The molecular weight excluding hydrogens is 200 g/mol. The first-order valence-corrected chi connectivity index (χ1v) is 5.78. The molecule has 0 aromatic heterocycles. The van der Waals surface area contributed by atoms with E-state index >= 15 is 0 Å². The van der Waals surface area contributed by atoms with Crippen LogP contribution < -0.4 is 11.1 Å². The van der Waals surface area contributed by atoms with Crippen molar-refractivity contribution in [3.63, 3.8) is 0 Å². The maximum atomic E-state index is 11.1. The van der Waals surface area contributed by atoms with Gasteiger partial charge >= 0.3 is 0 Å². The van der Waals surface area contributed by atoms with Crippen LogP contribution >= 0.6 is 0 Å². The second-order valence-corrected chi connectivity index (χ2v) is 4.48. The highest BCUT2D eigenvalue weighted by molar-refractivity contribution is 5.81. The minimum atomic E-state index is -0.268. The zero-order chi connectivity index (χ0) is 11.5. The minimum absolute atomic E-state index is 0.198. The van der Waals surface area contributed by atoms with Crippen LogP contribution in [0.2, 0.25) is 0 Å². The molecule has 3 heteroatoms. The van der Waals surface area contributed by atoms with Gasteiger partial charge in [-0.3, -0.25) is 4.79 Å². The number of benzene rings is 1. The molecule has 0 aliphatic carbocycles. The predicted octanol–water partition coefficient (Wildman–Crippen LogP) is 1.35. The van der Waals surface area contributed by atoms with Gasteiger partial charge in [0, 0.05) is 6.54 Å². The lowest BCUT2D eigenvalue weighted by Crippen LogP contribution is -2.18. The SMILES string of the molecule is CC(C(N)=O)c1ccc(C2CCNC2)cc1. The van der Waals surface area contributed by atoms with E-state index in [1.165, 1.54) is 12.0 Å². The van der Waals surface area contributed by atoms with E-state index in [4.69, 9.17) is 5.73 Å². The Morgan fingerprint density at radius 2 is 2.12 bits per heavy atom. The molecule has 1 aliphatic rings. The van der Waals surface area contributed by atoms with Crippen LogP contribution in [0.4, 0.5) is 0 Å². The third-order valence-corrected chi connectivity index (χ3v) is 3.39. The van der Waals surface area contributed by atoms with Crippen molar-refractivity contribution in [2.75, 3.05) is 13.1 Å². The first-order chi connectivity index (χ1) is 7.68. The van der Waals surface area contributed by atoms with Crippen LogP contribution in [0.3, 0.4) is 0 Å². The van der Waals surface area contributed by atoms with Gasteiger partial charge in [0.25, 0.3) is 0 Å². The zero-order valence-electron chi connectivity index (χ0n) is 9.57. The van der Waals surface area contributed by atoms with E-state index in [1.54, 1.807) is 0 Å². The van der Waals surface area contributed by atoms with Gasteiger partial charge in [0.05, 0.1) is 5.92 Å². The monoisotopic (exact) mass is 218 g/mol. The van der Waals surface area contributed by atoms with Gasteiger partial charge in [0.1, 0.15) is 0 Å². The summed E-state index contributed by atoms with van der Waals surface area (Å²) in [6.45, 7) is 4.00. The van der Waals surface area contributed by atoms with Gasteiger partial charge in [-0.2, -0.15) is 0 Å². The molecule has 0 spiro atoms. The standard InChI is InChI=1S/C13H18N2O/c1-9(13(14)16)10-2-4-11(5-3-10)12-6-7-15-8-12/h2-5,9,12,15H,6-8H2,1H3,(H2,14,16). The van der Waals surface area contributed by atoms with Crippen molar-refractivity contribution in [2.24, 2.45) is 5.73 Å². The van der Waals surface area contributed by atoms with Gasteiger partial charge in [-0.25, -0.2) is 0 Å². The third kappa shape index (κ3) is 2.25. The molecule has 16 heavy (non-hydrogen) atoms. The van der Waals surface area contributed by atoms with Gasteiger partial charge in [-0.15, -0.1) is 0 Å². The Kier molecular flexibility index (Phi) is 3.25. The molecule has 0 saturated carbocycles. The van der Waals surface area contributed by atoms with E-state index in [9.17, 15) is 4.79 Å². The molecule has 1 saturated heterocycles. The summed E-state index contributed by atoms with van der Waals surface area (Å²) in [6, 6.07) is 8.27. The van der Waals surface area contributed by atoms with Crippen molar-refractivity contribution < 1.29 is 4.79 Å². The number of primary amides is 1. The first-order valence-electron chi connectivity index (χ1n) is 5.78. The highest BCUT2D eigenvalue weighted by atomic mass is 16.1. The molecule has 2 unspecified atom stereocenters. The summed E-state index contributed by atoms with van der Waals surface area (Å²) in [4.78, 5) is 11.1. The van der Waals surface area contributed by atoms with Crippen molar-refractivity contribution >= 4 is 5.91 Å². The molecule has 1 aromatic carbocycles.